The number of unbranched alkanes of at least 4 members (excludes halogenated alkanes) is 2. The molecule has 6 N–H and O–H groups in total. The van der Waals surface area contributed by atoms with Crippen molar-refractivity contribution in [2.75, 3.05) is 51.0 Å². The Labute approximate surface area is 396 Å². The first-order valence-corrected chi connectivity index (χ1v) is 24.0. The predicted molar refractivity (Wildman–Crippen MR) is 259 cm³/mol. The second-order valence-corrected chi connectivity index (χ2v) is 18.5. The number of ketones is 2. The summed E-state index contributed by atoms with van der Waals surface area (Å²) in [6, 6.07) is 14.6. The lowest BCUT2D eigenvalue weighted by Crippen LogP contribution is -2.55. The van der Waals surface area contributed by atoms with Crippen LogP contribution in [0.3, 0.4) is 0 Å². The van der Waals surface area contributed by atoms with Crippen LogP contribution in [0.15, 0.2) is 48.5 Å². The zero-order valence-electron chi connectivity index (χ0n) is 40.7. The van der Waals surface area contributed by atoms with Gasteiger partial charge in [0, 0.05) is 74.9 Å². The Hall–Kier alpha value is -5.36. The molecule has 0 saturated carbocycles. The number of amides is 4. The molecule has 1 aromatic heterocycles. The summed E-state index contributed by atoms with van der Waals surface area (Å²) in [5.74, 6) is -1.50. The van der Waals surface area contributed by atoms with Crippen molar-refractivity contribution in [2.45, 2.75) is 149 Å². The molecule has 1 aliphatic heterocycles. The first kappa shape index (κ1) is 54.2. The maximum atomic E-state index is 14.0. The molecular formula is C50H75N9O8. The summed E-state index contributed by atoms with van der Waals surface area (Å²) in [6.45, 7) is 15.4. The third-order valence-corrected chi connectivity index (χ3v) is 11.9. The van der Waals surface area contributed by atoms with Gasteiger partial charge >= 0.3 is 0 Å². The number of aryl methyl sites for hydroxylation is 1. The lowest BCUT2D eigenvalue weighted by Gasteiger charge is -2.29. The number of benzene rings is 2. The van der Waals surface area contributed by atoms with Crippen molar-refractivity contribution in [1.29, 1.82) is 0 Å². The lowest BCUT2D eigenvalue weighted by atomic mass is 9.93. The summed E-state index contributed by atoms with van der Waals surface area (Å²) in [6.07, 6.45) is 5.84. The molecule has 2 aromatic carbocycles. The zero-order chi connectivity index (χ0) is 48.8. The summed E-state index contributed by atoms with van der Waals surface area (Å²) in [5, 5.41) is 21.3. The van der Waals surface area contributed by atoms with E-state index in [0.717, 1.165) is 35.3 Å². The third kappa shape index (κ3) is 18.0. The van der Waals surface area contributed by atoms with Crippen molar-refractivity contribution >= 4 is 40.9 Å². The molecule has 0 bridgehead atoms. The molecule has 4 amide bonds. The SMILES string of the molecule is CCCCC(C)(C)NCCOCCOCCNC(=O)CCC(=O)C(C)(C)N[C@@H](CCCCNC(=O)CCC(=O)N1Cc2ccccc2-c2nnn(CCCC(C)=O)c2-c2ccccc21)C(N)=O. The number of carbonyl (C=O) groups is 6. The van der Waals surface area contributed by atoms with E-state index in [2.05, 4.69) is 52.4 Å². The van der Waals surface area contributed by atoms with Crippen LogP contribution in [0, 0.1) is 0 Å². The largest absolute Gasteiger partial charge is 0.378 e. The van der Waals surface area contributed by atoms with Crippen molar-refractivity contribution in [1.82, 2.24) is 36.3 Å². The fraction of sp³-hybridized carbons (Fsp3) is 0.600. The number of carbonyl (C=O) groups excluding carboxylic acids is 6. The molecule has 0 spiro atoms. The Morgan fingerprint density at radius 2 is 1.42 bits per heavy atom. The number of rotatable bonds is 32. The monoisotopic (exact) mass is 930 g/mol. The van der Waals surface area contributed by atoms with Crippen LogP contribution in [0.1, 0.15) is 124 Å². The van der Waals surface area contributed by atoms with Crippen LogP contribution < -0.4 is 31.9 Å². The molecule has 0 aliphatic carbocycles. The zero-order valence-corrected chi connectivity index (χ0v) is 40.7. The van der Waals surface area contributed by atoms with Gasteiger partial charge < -0.3 is 40.9 Å². The Morgan fingerprint density at radius 1 is 0.761 bits per heavy atom. The number of nitrogens with one attached hydrogen (secondary N) is 4. The maximum Gasteiger partial charge on any atom is 0.234 e. The van der Waals surface area contributed by atoms with E-state index in [1.807, 2.05) is 48.5 Å². The minimum atomic E-state index is -1.11. The Bertz CT molecular complexity index is 2100. The highest BCUT2D eigenvalue weighted by Crippen LogP contribution is 2.41. The molecule has 0 radical (unpaired) electrons. The molecule has 3 aromatic rings. The van der Waals surface area contributed by atoms with Gasteiger partial charge in [-0.25, -0.2) is 4.68 Å². The van der Waals surface area contributed by atoms with Gasteiger partial charge in [0.1, 0.15) is 11.5 Å². The summed E-state index contributed by atoms with van der Waals surface area (Å²) in [4.78, 5) is 78.3. The number of aromatic nitrogens is 3. The minimum absolute atomic E-state index is 0.00446. The van der Waals surface area contributed by atoms with Gasteiger partial charge in [-0.15, -0.1) is 5.10 Å². The van der Waals surface area contributed by atoms with Crippen LogP contribution in [0.5, 0.6) is 0 Å². The number of Topliss-reactive ketones (excluding diaryl/α,β-unsaturated/α-hetero) is 2. The normalized spacial score (nSPS) is 12.8. The summed E-state index contributed by atoms with van der Waals surface area (Å²) < 4.78 is 13.0. The molecule has 0 unspecified atom stereocenters. The van der Waals surface area contributed by atoms with Crippen molar-refractivity contribution in [2.24, 2.45) is 5.73 Å². The van der Waals surface area contributed by atoms with Crippen LogP contribution in [0.4, 0.5) is 5.69 Å². The van der Waals surface area contributed by atoms with E-state index in [9.17, 15) is 28.8 Å². The lowest BCUT2D eigenvalue weighted by molar-refractivity contribution is -0.129. The standard InChI is InChI=1S/C50H75N9O8/c1-7-8-26-49(3,4)54-29-32-67-34-33-66-31-28-53-43(62)23-22-42(61)50(5,6)55-40(48(51)65)20-13-14-27-52-44(63)24-25-45(64)58-35-37-17-9-10-18-38(37)46-47(39-19-11-12-21-41(39)58)59(57-56-46)30-15-16-36(2)60/h9-12,17-19,21,40,54-55H,7-8,13-16,20,22-35H2,1-6H3,(H2,51,65)(H,52,63)(H,53,62)/t40-/m0/s1. The van der Waals surface area contributed by atoms with E-state index in [4.69, 9.17) is 15.2 Å². The molecule has 4 rings (SSSR count). The second-order valence-electron chi connectivity index (χ2n) is 18.5. The Kier molecular flexibility index (Phi) is 22.2. The average Bonchev–Trinajstić information content (AvgIpc) is 3.70. The van der Waals surface area contributed by atoms with Crippen LogP contribution in [0.2, 0.25) is 0 Å². The Balaban J connectivity index is 1.15. The van der Waals surface area contributed by atoms with E-state index < -0.39 is 17.5 Å². The van der Waals surface area contributed by atoms with Gasteiger partial charge in [-0.2, -0.15) is 0 Å². The maximum absolute atomic E-state index is 14.0. The summed E-state index contributed by atoms with van der Waals surface area (Å²) >= 11 is 0. The number of nitrogens with two attached hydrogens (primary N) is 1. The van der Waals surface area contributed by atoms with E-state index in [1.54, 1.807) is 30.4 Å². The van der Waals surface area contributed by atoms with Crippen molar-refractivity contribution < 1.29 is 38.2 Å². The Morgan fingerprint density at radius 3 is 2.12 bits per heavy atom. The quantitative estimate of drug-likeness (QED) is 0.0511. The first-order valence-electron chi connectivity index (χ1n) is 24.0. The molecule has 2 heterocycles. The van der Waals surface area contributed by atoms with Gasteiger partial charge in [-0.1, -0.05) is 67.4 Å². The van der Waals surface area contributed by atoms with Gasteiger partial charge in [-0.05, 0) is 78.4 Å². The smallest absolute Gasteiger partial charge is 0.234 e. The average molecular weight is 930 g/mol. The van der Waals surface area contributed by atoms with Crippen molar-refractivity contribution in [3.63, 3.8) is 0 Å². The summed E-state index contributed by atoms with van der Waals surface area (Å²) in [7, 11) is 0. The fourth-order valence-electron chi connectivity index (χ4n) is 8.00. The molecule has 368 valence electrons. The molecular weight excluding hydrogens is 855 g/mol. The number of ether oxygens (including phenoxy) is 2. The van der Waals surface area contributed by atoms with Crippen molar-refractivity contribution in [3.8, 4) is 22.5 Å². The third-order valence-electron chi connectivity index (χ3n) is 11.9. The van der Waals surface area contributed by atoms with Crippen LogP contribution >= 0.6 is 0 Å². The van der Waals surface area contributed by atoms with E-state index in [0.29, 0.717) is 89.5 Å². The highest BCUT2D eigenvalue weighted by atomic mass is 16.5. The first-order chi connectivity index (χ1) is 32.0. The molecule has 67 heavy (non-hydrogen) atoms. The number of anilines is 1. The number of hydrogen-bond acceptors (Lipinski definition) is 12. The fourth-order valence-corrected chi connectivity index (χ4v) is 8.00. The van der Waals surface area contributed by atoms with Crippen LogP contribution in [-0.2, 0) is 51.3 Å². The van der Waals surface area contributed by atoms with Crippen LogP contribution in [0.25, 0.3) is 22.5 Å². The second kappa shape index (κ2) is 27.5. The van der Waals surface area contributed by atoms with Gasteiger partial charge in [0.15, 0.2) is 5.78 Å². The highest BCUT2D eigenvalue weighted by molar-refractivity contribution is 6.01. The van der Waals surface area contributed by atoms with Gasteiger partial charge in [0.05, 0.1) is 55.9 Å². The number of para-hydroxylation sites is 1. The topological polar surface area (TPSA) is 229 Å². The van der Waals surface area contributed by atoms with E-state index >= 15 is 0 Å². The number of hydrogen-bond donors (Lipinski definition) is 5. The molecule has 1 aliphatic rings. The van der Waals surface area contributed by atoms with Crippen molar-refractivity contribution in [3.05, 3.63) is 54.1 Å². The minimum Gasteiger partial charge on any atom is -0.378 e. The van der Waals surface area contributed by atoms with Gasteiger partial charge in [-0.3, -0.25) is 29.3 Å². The highest BCUT2D eigenvalue weighted by Gasteiger charge is 2.32. The van der Waals surface area contributed by atoms with E-state index in [1.165, 1.54) is 12.8 Å². The number of primary amides is 1. The van der Waals surface area contributed by atoms with Gasteiger partial charge in [0.25, 0.3) is 0 Å². The van der Waals surface area contributed by atoms with Gasteiger partial charge in [0.2, 0.25) is 23.6 Å². The summed E-state index contributed by atoms with van der Waals surface area (Å²) in [5.41, 5.74) is 9.39. The van der Waals surface area contributed by atoms with E-state index in [-0.39, 0.29) is 67.1 Å². The van der Waals surface area contributed by atoms with Crippen LogP contribution in [-0.4, -0.2) is 113 Å². The molecule has 0 fully saturated rings. The molecule has 17 heteroatoms. The number of fused-ring (bicyclic) bond motifs is 5. The molecule has 1 atom stereocenters. The number of nitrogens with zero attached hydrogens (tertiary/aromatic N) is 4. The molecule has 0 saturated heterocycles. The predicted octanol–water partition coefficient (Wildman–Crippen LogP) is 5.17. The molecule has 17 nitrogen and oxygen atoms in total.